The predicted octanol–water partition coefficient (Wildman–Crippen LogP) is 4.45. The molecule has 0 saturated heterocycles. The van der Waals surface area contributed by atoms with E-state index in [4.69, 9.17) is 0 Å². The molecular formula is C19H17N3O4S. The zero-order valence-electron chi connectivity index (χ0n) is 14.4. The van der Waals surface area contributed by atoms with Gasteiger partial charge in [-0.15, -0.1) is 0 Å². The molecule has 3 aromatic carbocycles. The minimum atomic E-state index is -3.95. The first-order chi connectivity index (χ1) is 12.8. The quantitative estimate of drug-likeness (QED) is 0.484. The highest BCUT2D eigenvalue weighted by Crippen LogP contribution is 2.30. The molecule has 0 heterocycles. The van der Waals surface area contributed by atoms with Gasteiger partial charge >= 0.3 is 0 Å². The van der Waals surface area contributed by atoms with Gasteiger partial charge in [0.05, 0.1) is 9.82 Å². The van der Waals surface area contributed by atoms with E-state index in [1.165, 1.54) is 12.1 Å². The largest absolute Gasteiger partial charge is 0.350 e. The molecule has 0 spiro atoms. The van der Waals surface area contributed by atoms with Gasteiger partial charge in [-0.25, -0.2) is 8.42 Å². The van der Waals surface area contributed by atoms with Gasteiger partial charge in [0.25, 0.3) is 15.7 Å². The Morgan fingerprint density at radius 1 is 0.889 bits per heavy atom. The van der Waals surface area contributed by atoms with Crippen LogP contribution in [-0.2, 0) is 10.0 Å². The van der Waals surface area contributed by atoms with Gasteiger partial charge in [-0.1, -0.05) is 35.9 Å². The number of sulfonamides is 1. The molecule has 0 aliphatic rings. The number of hydrogen-bond donors (Lipinski definition) is 2. The molecule has 138 valence electrons. The minimum Gasteiger partial charge on any atom is -0.350 e. The SMILES string of the molecule is Cc1ccc(NS(=O)(=O)c2ccc(Nc3ccccc3)c([N+](=O)[O-])c2)cc1. The third-order valence-corrected chi connectivity index (χ3v) is 5.21. The second-order valence-corrected chi connectivity index (χ2v) is 7.58. The third-order valence-electron chi connectivity index (χ3n) is 3.83. The van der Waals surface area contributed by atoms with Crippen LogP contribution >= 0.6 is 0 Å². The van der Waals surface area contributed by atoms with Crippen molar-refractivity contribution in [3.63, 3.8) is 0 Å². The van der Waals surface area contributed by atoms with Crippen LogP contribution in [0.4, 0.5) is 22.7 Å². The minimum absolute atomic E-state index is 0.187. The van der Waals surface area contributed by atoms with E-state index in [1.54, 1.807) is 48.5 Å². The van der Waals surface area contributed by atoms with E-state index in [1.807, 2.05) is 13.0 Å². The molecule has 3 aromatic rings. The molecule has 0 aromatic heterocycles. The maximum Gasteiger partial charge on any atom is 0.294 e. The summed E-state index contributed by atoms with van der Waals surface area (Å²) in [4.78, 5) is 10.6. The molecule has 27 heavy (non-hydrogen) atoms. The normalized spacial score (nSPS) is 11.0. The van der Waals surface area contributed by atoms with Crippen LogP contribution in [0.25, 0.3) is 0 Å². The molecule has 0 fully saturated rings. The first-order valence-electron chi connectivity index (χ1n) is 8.05. The van der Waals surface area contributed by atoms with Crippen molar-refractivity contribution in [2.24, 2.45) is 0 Å². The Kier molecular flexibility index (Phi) is 5.09. The van der Waals surface area contributed by atoms with Gasteiger partial charge < -0.3 is 5.32 Å². The molecule has 7 nitrogen and oxygen atoms in total. The van der Waals surface area contributed by atoms with Crippen molar-refractivity contribution in [1.29, 1.82) is 0 Å². The summed E-state index contributed by atoms with van der Waals surface area (Å²) >= 11 is 0. The number of nitrogens with zero attached hydrogens (tertiary/aromatic N) is 1. The second-order valence-electron chi connectivity index (χ2n) is 5.90. The van der Waals surface area contributed by atoms with E-state index >= 15 is 0 Å². The number of nitro groups is 1. The van der Waals surface area contributed by atoms with E-state index in [-0.39, 0.29) is 16.3 Å². The number of nitrogens with one attached hydrogen (secondary N) is 2. The number of aryl methyl sites for hydroxylation is 1. The van der Waals surface area contributed by atoms with Crippen molar-refractivity contribution in [3.05, 3.63) is 88.5 Å². The fourth-order valence-electron chi connectivity index (χ4n) is 2.45. The first kappa shape index (κ1) is 18.4. The van der Waals surface area contributed by atoms with Crippen molar-refractivity contribution in [2.45, 2.75) is 11.8 Å². The lowest BCUT2D eigenvalue weighted by molar-refractivity contribution is -0.384. The summed E-state index contributed by atoms with van der Waals surface area (Å²) in [5, 5.41) is 14.4. The topological polar surface area (TPSA) is 101 Å². The lowest BCUT2D eigenvalue weighted by Gasteiger charge is -2.11. The fraction of sp³-hybridized carbons (Fsp3) is 0.0526. The molecule has 0 amide bonds. The molecule has 0 aliphatic carbocycles. The number of para-hydroxylation sites is 1. The number of benzene rings is 3. The number of anilines is 3. The number of nitro benzene ring substituents is 1. The zero-order chi connectivity index (χ0) is 19.4. The van der Waals surface area contributed by atoms with Crippen LogP contribution in [0.2, 0.25) is 0 Å². The maximum absolute atomic E-state index is 12.6. The van der Waals surface area contributed by atoms with Crippen molar-refractivity contribution >= 4 is 32.8 Å². The Morgan fingerprint density at radius 3 is 2.19 bits per heavy atom. The van der Waals surface area contributed by atoms with E-state index in [0.717, 1.165) is 11.6 Å². The van der Waals surface area contributed by atoms with Crippen LogP contribution in [0.5, 0.6) is 0 Å². The average molecular weight is 383 g/mol. The Morgan fingerprint density at radius 2 is 1.56 bits per heavy atom. The molecule has 2 N–H and O–H groups in total. The summed E-state index contributed by atoms with van der Waals surface area (Å²) in [7, 11) is -3.95. The third kappa shape index (κ3) is 4.42. The van der Waals surface area contributed by atoms with Gasteiger partial charge in [0.15, 0.2) is 0 Å². The van der Waals surface area contributed by atoms with Crippen LogP contribution in [-0.4, -0.2) is 13.3 Å². The van der Waals surface area contributed by atoms with E-state index in [0.29, 0.717) is 11.4 Å². The van der Waals surface area contributed by atoms with Crippen LogP contribution in [0.1, 0.15) is 5.56 Å². The van der Waals surface area contributed by atoms with Crippen molar-refractivity contribution in [1.82, 2.24) is 0 Å². The van der Waals surface area contributed by atoms with Gasteiger partial charge in [0.2, 0.25) is 0 Å². The molecular weight excluding hydrogens is 366 g/mol. The van der Waals surface area contributed by atoms with Crippen molar-refractivity contribution in [2.75, 3.05) is 10.0 Å². The van der Waals surface area contributed by atoms with Crippen LogP contribution in [0, 0.1) is 17.0 Å². The van der Waals surface area contributed by atoms with E-state index in [2.05, 4.69) is 10.0 Å². The number of rotatable bonds is 6. The lowest BCUT2D eigenvalue weighted by Crippen LogP contribution is -2.13. The Hall–Kier alpha value is -3.39. The number of hydrogen-bond acceptors (Lipinski definition) is 5. The Bertz CT molecular complexity index is 1070. The Balaban J connectivity index is 1.93. The van der Waals surface area contributed by atoms with Crippen molar-refractivity contribution < 1.29 is 13.3 Å². The van der Waals surface area contributed by atoms with Gasteiger partial charge in [0, 0.05) is 17.4 Å². The molecule has 0 saturated carbocycles. The maximum atomic E-state index is 12.6. The summed E-state index contributed by atoms with van der Waals surface area (Å²) in [5.41, 5.74) is 1.92. The highest BCUT2D eigenvalue weighted by molar-refractivity contribution is 7.92. The van der Waals surface area contributed by atoms with Crippen LogP contribution in [0.15, 0.2) is 77.7 Å². The summed E-state index contributed by atoms with van der Waals surface area (Å²) in [6.45, 7) is 1.89. The first-order valence-corrected chi connectivity index (χ1v) is 9.53. The fourth-order valence-corrected chi connectivity index (χ4v) is 3.53. The standard InChI is InChI=1S/C19H17N3O4S/c1-14-7-9-16(10-8-14)21-27(25,26)17-11-12-18(19(13-17)22(23)24)20-15-5-3-2-4-6-15/h2-13,20-21H,1H3. The molecule has 0 atom stereocenters. The van der Waals surface area contributed by atoms with Crippen LogP contribution < -0.4 is 10.0 Å². The highest BCUT2D eigenvalue weighted by Gasteiger charge is 2.21. The average Bonchev–Trinajstić information content (AvgIpc) is 2.64. The molecule has 0 bridgehead atoms. The van der Waals surface area contributed by atoms with Crippen LogP contribution in [0.3, 0.4) is 0 Å². The van der Waals surface area contributed by atoms with Gasteiger partial charge in [-0.05, 0) is 43.3 Å². The van der Waals surface area contributed by atoms with Gasteiger partial charge in [-0.3, -0.25) is 14.8 Å². The highest BCUT2D eigenvalue weighted by atomic mass is 32.2. The monoisotopic (exact) mass is 383 g/mol. The smallest absolute Gasteiger partial charge is 0.294 e. The van der Waals surface area contributed by atoms with Crippen molar-refractivity contribution in [3.8, 4) is 0 Å². The lowest BCUT2D eigenvalue weighted by atomic mass is 10.2. The Labute approximate surface area is 156 Å². The second kappa shape index (κ2) is 7.46. The molecule has 3 rings (SSSR count). The van der Waals surface area contributed by atoms with E-state index in [9.17, 15) is 18.5 Å². The summed E-state index contributed by atoms with van der Waals surface area (Å²) in [5.74, 6) is 0. The molecule has 0 aliphatic heterocycles. The summed E-state index contributed by atoms with van der Waals surface area (Å²) in [6, 6.07) is 19.5. The summed E-state index contributed by atoms with van der Waals surface area (Å²) < 4.78 is 27.6. The van der Waals surface area contributed by atoms with E-state index < -0.39 is 14.9 Å². The predicted molar refractivity (Wildman–Crippen MR) is 105 cm³/mol. The molecule has 0 unspecified atom stereocenters. The molecule has 0 radical (unpaired) electrons. The zero-order valence-corrected chi connectivity index (χ0v) is 15.2. The van der Waals surface area contributed by atoms with Gasteiger partial charge in [0.1, 0.15) is 5.69 Å². The summed E-state index contributed by atoms with van der Waals surface area (Å²) in [6.07, 6.45) is 0. The molecule has 8 heteroatoms. The van der Waals surface area contributed by atoms with Gasteiger partial charge in [-0.2, -0.15) is 0 Å².